The smallest absolute Gasteiger partial charge is 0.151 e. The molecule has 0 saturated carbocycles. The Morgan fingerprint density at radius 2 is 2.07 bits per heavy atom. The van der Waals surface area contributed by atoms with Gasteiger partial charge in [-0.3, -0.25) is 0 Å². The van der Waals surface area contributed by atoms with E-state index in [9.17, 15) is 13.5 Å². The van der Waals surface area contributed by atoms with Crippen LogP contribution < -0.4 is 5.32 Å². The Balaban J connectivity index is 2.48. The monoisotopic (exact) mass is 221 g/mol. The second-order valence-electron chi connectivity index (χ2n) is 4.64. The highest BCUT2D eigenvalue weighted by Gasteiger charge is 2.31. The van der Waals surface area contributed by atoms with Gasteiger partial charge < -0.3 is 10.4 Å². The maximum Gasteiger partial charge on any atom is 0.151 e. The van der Waals surface area contributed by atoms with Crippen molar-refractivity contribution < 1.29 is 13.5 Å². The molecule has 0 spiro atoms. The molecule has 0 aromatic carbocycles. The summed E-state index contributed by atoms with van der Waals surface area (Å²) in [6.07, 6.45) is 0.656. The van der Waals surface area contributed by atoms with E-state index in [0.29, 0.717) is 6.42 Å². The lowest BCUT2D eigenvalue weighted by Crippen LogP contribution is -2.49. The van der Waals surface area contributed by atoms with E-state index in [1.54, 1.807) is 13.8 Å². The summed E-state index contributed by atoms with van der Waals surface area (Å²) in [4.78, 5) is 0. The zero-order valence-electron chi connectivity index (χ0n) is 8.95. The summed E-state index contributed by atoms with van der Waals surface area (Å²) in [6, 6.07) is -0.0952. The first-order valence-corrected chi connectivity index (χ1v) is 6.72. The van der Waals surface area contributed by atoms with Gasteiger partial charge in [0.05, 0.1) is 17.1 Å². The normalized spacial score (nSPS) is 29.0. The summed E-state index contributed by atoms with van der Waals surface area (Å²) < 4.78 is 22.3. The van der Waals surface area contributed by atoms with Crippen LogP contribution in [0.5, 0.6) is 0 Å². The summed E-state index contributed by atoms with van der Waals surface area (Å²) >= 11 is 0. The van der Waals surface area contributed by atoms with E-state index in [2.05, 4.69) is 5.32 Å². The van der Waals surface area contributed by atoms with Gasteiger partial charge >= 0.3 is 0 Å². The molecule has 0 bridgehead atoms. The molecule has 2 N–H and O–H groups in total. The van der Waals surface area contributed by atoms with Crippen molar-refractivity contribution >= 4 is 9.84 Å². The van der Waals surface area contributed by atoms with Crippen LogP contribution in [-0.2, 0) is 9.84 Å². The van der Waals surface area contributed by atoms with Gasteiger partial charge in [-0.2, -0.15) is 0 Å². The zero-order chi connectivity index (χ0) is 11.0. The van der Waals surface area contributed by atoms with Gasteiger partial charge in [0.1, 0.15) is 0 Å². The fourth-order valence-electron chi connectivity index (χ4n) is 1.48. The molecular weight excluding hydrogens is 202 g/mol. The van der Waals surface area contributed by atoms with Crippen molar-refractivity contribution in [2.24, 2.45) is 0 Å². The molecule has 2 unspecified atom stereocenters. The summed E-state index contributed by atoms with van der Waals surface area (Å²) in [5.74, 6) is 0.469. The number of nitrogens with one attached hydrogen (secondary N) is 1. The van der Waals surface area contributed by atoms with Crippen LogP contribution in [0.15, 0.2) is 0 Å². The molecule has 1 heterocycles. The van der Waals surface area contributed by atoms with E-state index in [0.717, 1.165) is 0 Å². The molecule has 4 nitrogen and oxygen atoms in total. The van der Waals surface area contributed by atoms with Gasteiger partial charge in [-0.1, -0.05) is 0 Å². The van der Waals surface area contributed by atoms with Crippen molar-refractivity contribution in [2.75, 3.05) is 11.5 Å². The molecule has 0 aliphatic carbocycles. The Morgan fingerprint density at radius 1 is 1.50 bits per heavy atom. The molecule has 84 valence electrons. The van der Waals surface area contributed by atoms with Gasteiger partial charge in [0.25, 0.3) is 0 Å². The molecule has 5 heteroatoms. The Bertz CT molecular complexity index is 292. The predicted octanol–water partition coefficient (Wildman–Crippen LogP) is -0.0775. The van der Waals surface area contributed by atoms with Gasteiger partial charge in [0.2, 0.25) is 0 Å². The molecule has 1 rings (SSSR count). The van der Waals surface area contributed by atoms with Crippen molar-refractivity contribution in [1.82, 2.24) is 5.32 Å². The van der Waals surface area contributed by atoms with E-state index in [-0.39, 0.29) is 23.6 Å². The average molecular weight is 221 g/mol. The lowest BCUT2D eigenvalue weighted by atomic mass is 10.00. The largest absolute Gasteiger partial charge is 0.389 e. The van der Waals surface area contributed by atoms with Gasteiger partial charge in [-0.05, 0) is 27.2 Å². The lowest BCUT2D eigenvalue weighted by molar-refractivity contribution is 0.0409. The van der Waals surface area contributed by atoms with E-state index < -0.39 is 15.4 Å². The molecule has 2 atom stereocenters. The summed E-state index contributed by atoms with van der Waals surface area (Å²) in [5, 5.41) is 12.8. The highest BCUT2D eigenvalue weighted by molar-refractivity contribution is 7.91. The molecule has 1 saturated heterocycles. The topological polar surface area (TPSA) is 66.4 Å². The Morgan fingerprint density at radius 3 is 2.43 bits per heavy atom. The van der Waals surface area contributed by atoms with Crippen LogP contribution in [0.4, 0.5) is 0 Å². The third-order valence-corrected chi connectivity index (χ3v) is 4.55. The second kappa shape index (κ2) is 3.79. The molecule has 1 fully saturated rings. The fourth-order valence-corrected chi connectivity index (χ4v) is 3.17. The van der Waals surface area contributed by atoms with E-state index >= 15 is 0 Å². The van der Waals surface area contributed by atoms with Gasteiger partial charge in [0.15, 0.2) is 9.84 Å². The van der Waals surface area contributed by atoms with E-state index in [4.69, 9.17) is 0 Å². The molecule has 1 aliphatic rings. The molecular formula is C9H19NO3S. The van der Waals surface area contributed by atoms with Crippen molar-refractivity contribution in [3.8, 4) is 0 Å². The minimum Gasteiger partial charge on any atom is -0.389 e. The third kappa shape index (κ3) is 3.22. The molecule has 1 aliphatic heterocycles. The van der Waals surface area contributed by atoms with Crippen molar-refractivity contribution in [1.29, 1.82) is 0 Å². The number of rotatable bonds is 3. The van der Waals surface area contributed by atoms with Crippen LogP contribution >= 0.6 is 0 Å². The number of hydrogen-bond donors (Lipinski definition) is 2. The van der Waals surface area contributed by atoms with Crippen LogP contribution in [0.25, 0.3) is 0 Å². The van der Waals surface area contributed by atoms with E-state index in [1.807, 2.05) is 6.92 Å². The molecule has 0 aromatic rings. The Labute approximate surface area is 85.6 Å². The second-order valence-corrected chi connectivity index (χ2v) is 6.87. The standard InChI is InChI=1S/C9H19NO3S/c1-7(9(2,3)11)10-8-4-5-14(12,13)6-8/h7-8,10-11H,4-6H2,1-3H3. The van der Waals surface area contributed by atoms with Crippen molar-refractivity contribution in [3.05, 3.63) is 0 Å². The van der Waals surface area contributed by atoms with Crippen LogP contribution in [0.2, 0.25) is 0 Å². The quantitative estimate of drug-likeness (QED) is 0.700. The van der Waals surface area contributed by atoms with Crippen molar-refractivity contribution in [2.45, 2.75) is 44.9 Å². The highest BCUT2D eigenvalue weighted by atomic mass is 32.2. The first-order valence-electron chi connectivity index (χ1n) is 4.89. The fraction of sp³-hybridized carbons (Fsp3) is 1.00. The zero-order valence-corrected chi connectivity index (χ0v) is 9.76. The molecule has 14 heavy (non-hydrogen) atoms. The minimum absolute atomic E-state index is 0.00132. The Kier molecular flexibility index (Phi) is 3.23. The number of hydrogen-bond acceptors (Lipinski definition) is 4. The predicted molar refractivity (Wildman–Crippen MR) is 56.0 cm³/mol. The first-order chi connectivity index (χ1) is 6.21. The average Bonchev–Trinajstić information content (AvgIpc) is 2.28. The van der Waals surface area contributed by atoms with Crippen LogP contribution in [-0.4, -0.2) is 42.7 Å². The van der Waals surface area contributed by atoms with Crippen LogP contribution in [0, 0.1) is 0 Å². The number of aliphatic hydroxyl groups is 1. The lowest BCUT2D eigenvalue weighted by Gasteiger charge is -2.29. The number of sulfone groups is 1. The maximum absolute atomic E-state index is 11.2. The van der Waals surface area contributed by atoms with Gasteiger partial charge in [0, 0.05) is 12.1 Å². The third-order valence-electron chi connectivity index (χ3n) is 2.78. The highest BCUT2D eigenvalue weighted by Crippen LogP contribution is 2.15. The van der Waals surface area contributed by atoms with Crippen molar-refractivity contribution in [3.63, 3.8) is 0 Å². The Hall–Kier alpha value is -0.130. The SMILES string of the molecule is CC(NC1CCS(=O)(=O)C1)C(C)(C)O. The molecule has 0 radical (unpaired) electrons. The maximum atomic E-state index is 11.2. The van der Waals surface area contributed by atoms with Crippen LogP contribution in [0.1, 0.15) is 27.2 Å². The van der Waals surface area contributed by atoms with E-state index in [1.165, 1.54) is 0 Å². The summed E-state index contributed by atoms with van der Waals surface area (Å²) in [7, 11) is -2.83. The van der Waals surface area contributed by atoms with Gasteiger partial charge in [-0.25, -0.2) is 8.42 Å². The molecule has 0 amide bonds. The van der Waals surface area contributed by atoms with Crippen LogP contribution in [0.3, 0.4) is 0 Å². The first kappa shape index (κ1) is 11.9. The summed E-state index contributed by atoms with van der Waals surface area (Å²) in [5.41, 5.74) is -0.813. The van der Waals surface area contributed by atoms with Gasteiger partial charge in [-0.15, -0.1) is 0 Å². The molecule has 0 aromatic heterocycles. The minimum atomic E-state index is -2.83. The summed E-state index contributed by atoms with van der Waals surface area (Å²) in [6.45, 7) is 5.30.